The highest BCUT2D eigenvalue weighted by molar-refractivity contribution is 7.92. The Morgan fingerprint density at radius 3 is 2.10 bits per heavy atom. The van der Waals surface area contributed by atoms with Crippen molar-refractivity contribution in [2.45, 2.75) is 24.2 Å². The van der Waals surface area contributed by atoms with Gasteiger partial charge in [0.25, 0.3) is 15.9 Å². The second-order valence-electron chi connectivity index (χ2n) is 9.28. The summed E-state index contributed by atoms with van der Waals surface area (Å²) in [6, 6.07) is 22.4. The van der Waals surface area contributed by atoms with Gasteiger partial charge in [-0.2, -0.15) is 8.42 Å². The van der Waals surface area contributed by atoms with Crippen LogP contribution in [0, 0.1) is 5.92 Å². The van der Waals surface area contributed by atoms with Crippen molar-refractivity contribution < 1.29 is 32.4 Å². The second kappa shape index (κ2) is 13.1. The number of amides is 2. The number of carbonyl (C=O) groups is 3. The number of methoxy groups -OCH3 is 1. The zero-order valence-electron chi connectivity index (χ0n) is 22.1. The van der Waals surface area contributed by atoms with E-state index in [9.17, 15) is 22.8 Å². The fraction of sp³-hybridized carbons (Fsp3) is 0.276. The maximum atomic E-state index is 13.5. The van der Waals surface area contributed by atoms with Gasteiger partial charge in [-0.25, -0.2) is 0 Å². The Hall–Kier alpha value is -4.38. The van der Waals surface area contributed by atoms with Crippen LogP contribution in [-0.4, -0.2) is 57.8 Å². The number of likely N-dealkylation sites (tertiary alicyclic amines) is 1. The monoisotopic (exact) mass is 565 g/mol. The van der Waals surface area contributed by atoms with Crippen molar-refractivity contribution in [2.24, 2.45) is 5.92 Å². The average Bonchev–Trinajstić information content (AvgIpc) is 2.99. The minimum Gasteiger partial charge on any atom is -0.469 e. The van der Waals surface area contributed by atoms with Crippen LogP contribution < -0.4 is 14.6 Å². The summed E-state index contributed by atoms with van der Waals surface area (Å²) in [5.41, 5.74) is 0.514. The average molecular weight is 566 g/mol. The van der Waals surface area contributed by atoms with Crippen molar-refractivity contribution in [3.05, 3.63) is 90.5 Å². The van der Waals surface area contributed by atoms with Crippen LogP contribution in [0.5, 0.6) is 5.75 Å². The number of esters is 1. The van der Waals surface area contributed by atoms with E-state index in [-0.39, 0.29) is 34.8 Å². The zero-order valence-corrected chi connectivity index (χ0v) is 22.9. The molecule has 0 saturated carbocycles. The molecule has 3 aromatic carbocycles. The van der Waals surface area contributed by atoms with Gasteiger partial charge in [0.2, 0.25) is 5.91 Å². The highest BCUT2D eigenvalue weighted by atomic mass is 32.2. The van der Waals surface area contributed by atoms with Gasteiger partial charge in [-0.3, -0.25) is 14.4 Å². The molecule has 3 aromatic rings. The van der Waals surface area contributed by atoms with E-state index in [0.29, 0.717) is 43.8 Å². The number of piperidine rings is 1. The smallest absolute Gasteiger partial charge is 0.305 e. The van der Waals surface area contributed by atoms with Gasteiger partial charge in [-0.05, 0) is 67.3 Å². The van der Waals surface area contributed by atoms with E-state index in [1.54, 1.807) is 65.6 Å². The number of nitrogens with one attached hydrogen (secondary N) is 1. The number of ether oxygens (including phenoxy) is 1. The Labute approximate surface area is 233 Å². The molecule has 10 nitrogen and oxygen atoms in total. The SMILES string of the molecule is COC(=O)CC1CCN(C(=O)CNC(=O)c2ccc(S(=O)(=O)N(Oc3ccccc3)c3ccccc3)cc2)CC1. The summed E-state index contributed by atoms with van der Waals surface area (Å²) < 4.78 is 32.6. The lowest BCUT2D eigenvalue weighted by Crippen LogP contribution is -2.44. The summed E-state index contributed by atoms with van der Waals surface area (Å²) in [7, 11) is -2.80. The molecule has 0 aliphatic carbocycles. The summed E-state index contributed by atoms with van der Waals surface area (Å²) in [5.74, 6) is -0.466. The van der Waals surface area contributed by atoms with Crippen molar-refractivity contribution in [2.75, 3.05) is 31.2 Å². The van der Waals surface area contributed by atoms with Crippen LogP contribution in [0.1, 0.15) is 29.6 Å². The number of rotatable bonds is 10. The molecule has 11 heteroatoms. The predicted octanol–water partition coefficient (Wildman–Crippen LogP) is 3.41. The van der Waals surface area contributed by atoms with Crippen molar-refractivity contribution >= 4 is 33.5 Å². The fourth-order valence-corrected chi connectivity index (χ4v) is 5.57. The van der Waals surface area contributed by atoms with Gasteiger partial charge < -0.3 is 19.8 Å². The molecule has 210 valence electrons. The molecule has 1 aliphatic rings. The number of sulfonamides is 1. The van der Waals surface area contributed by atoms with Crippen molar-refractivity contribution in [1.82, 2.24) is 10.2 Å². The molecule has 0 aromatic heterocycles. The summed E-state index contributed by atoms with van der Waals surface area (Å²) in [6.45, 7) is 0.824. The number of nitrogens with zero attached hydrogens (tertiary/aromatic N) is 2. The third-order valence-corrected chi connectivity index (χ3v) is 8.17. The van der Waals surface area contributed by atoms with Gasteiger partial charge in [-0.15, -0.1) is 0 Å². The third-order valence-electron chi connectivity index (χ3n) is 6.58. The second-order valence-corrected chi connectivity index (χ2v) is 11.0. The first-order valence-corrected chi connectivity index (χ1v) is 14.3. The quantitative estimate of drug-likeness (QED) is 0.295. The third kappa shape index (κ3) is 7.17. The highest BCUT2D eigenvalue weighted by Crippen LogP contribution is 2.26. The molecule has 1 fully saturated rings. The number of hydrogen-bond donors (Lipinski definition) is 1. The molecule has 0 spiro atoms. The molecule has 1 heterocycles. The molecule has 0 bridgehead atoms. The van der Waals surface area contributed by atoms with Crippen molar-refractivity contribution in [1.29, 1.82) is 0 Å². The first-order chi connectivity index (χ1) is 19.3. The van der Waals surface area contributed by atoms with E-state index in [2.05, 4.69) is 5.32 Å². The summed E-state index contributed by atoms with van der Waals surface area (Å²) in [5, 5.41) is 2.60. The molecule has 4 rings (SSSR count). The summed E-state index contributed by atoms with van der Waals surface area (Å²) >= 11 is 0. The number of hydrogen-bond acceptors (Lipinski definition) is 7. The van der Waals surface area contributed by atoms with Crippen LogP contribution in [0.15, 0.2) is 89.8 Å². The molecule has 0 unspecified atom stereocenters. The van der Waals surface area contributed by atoms with Gasteiger partial charge >= 0.3 is 5.97 Å². The topological polar surface area (TPSA) is 122 Å². The van der Waals surface area contributed by atoms with Gasteiger partial charge in [0.1, 0.15) is 0 Å². The van der Waals surface area contributed by atoms with Crippen molar-refractivity contribution in [3.63, 3.8) is 0 Å². The summed E-state index contributed by atoms with van der Waals surface area (Å²) in [6.07, 6.45) is 1.72. The Bertz CT molecular complexity index is 1410. The lowest BCUT2D eigenvalue weighted by atomic mass is 9.93. The van der Waals surface area contributed by atoms with Gasteiger partial charge in [0.05, 0.1) is 24.2 Å². The molecule has 2 amide bonds. The van der Waals surface area contributed by atoms with Crippen LogP contribution in [0.4, 0.5) is 5.69 Å². The number of anilines is 1. The Morgan fingerprint density at radius 1 is 0.900 bits per heavy atom. The van der Waals surface area contributed by atoms with Crippen LogP contribution >= 0.6 is 0 Å². The number of benzene rings is 3. The standard InChI is InChI=1S/C29H31N3O7S/c1-38-28(34)20-22-16-18-31(19-17-22)27(33)21-30-29(35)23-12-14-26(15-13-23)40(36,37)32(24-8-4-2-5-9-24)39-25-10-6-3-7-11-25/h2-15,22H,16-21H2,1H3,(H,30,35). The number of carbonyl (C=O) groups excluding carboxylic acids is 3. The van der Waals surface area contributed by atoms with E-state index in [1.165, 1.54) is 31.4 Å². The molecule has 0 radical (unpaired) electrons. The first kappa shape index (κ1) is 28.6. The number of para-hydroxylation sites is 2. The normalized spacial score (nSPS) is 13.8. The largest absolute Gasteiger partial charge is 0.469 e. The lowest BCUT2D eigenvalue weighted by molar-refractivity contribution is -0.142. The van der Waals surface area contributed by atoms with Crippen molar-refractivity contribution in [3.8, 4) is 5.75 Å². The van der Waals surface area contributed by atoms with Crippen LogP contribution in [0.25, 0.3) is 0 Å². The Morgan fingerprint density at radius 2 is 1.50 bits per heavy atom. The zero-order chi connectivity index (χ0) is 28.5. The molecule has 1 saturated heterocycles. The minimum absolute atomic E-state index is 0.0743. The molecular weight excluding hydrogens is 534 g/mol. The van der Waals surface area contributed by atoms with E-state index < -0.39 is 15.9 Å². The van der Waals surface area contributed by atoms with Crippen LogP contribution in [0.3, 0.4) is 0 Å². The van der Waals surface area contributed by atoms with Gasteiger partial charge in [-0.1, -0.05) is 40.9 Å². The molecule has 0 atom stereocenters. The van der Waals surface area contributed by atoms with Crippen LogP contribution in [0.2, 0.25) is 0 Å². The van der Waals surface area contributed by atoms with Crippen LogP contribution in [-0.2, 0) is 24.3 Å². The molecular formula is C29H31N3O7S. The lowest BCUT2D eigenvalue weighted by Gasteiger charge is -2.31. The first-order valence-electron chi connectivity index (χ1n) is 12.8. The Balaban J connectivity index is 1.38. The summed E-state index contributed by atoms with van der Waals surface area (Å²) in [4.78, 5) is 44.1. The molecule has 40 heavy (non-hydrogen) atoms. The maximum Gasteiger partial charge on any atom is 0.305 e. The van der Waals surface area contributed by atoms with E-state index >= 15 is 0 Å². The molecule has 1 N–H and O–H groups in total. The fourth-order valence-electron chi connectivity index (χ4n) is 4.32. The van der Waals surface area contributed by atoms with Gasteiger partial charge in [0.15, 0.2) is 5.75 Å². The van der Waals surface area contributed by atoms with E-state index in [0.717, 1.165) is 4.47 Å². The highest BCUT2D eigenvalue weighted by Gasteiger charge is 2.28. The van der Waals surface area contributed by atoms with E-state index in [4.69, 9.17) is 9.57 Å². The maximum absolute atomic E-state index is 13.5. The Kier molecular flexibility index (Phi) is 9.39. The van der Waals surface area contributed by atoms with Gasteiger partial charge in [0, 0.05) is 25.1 Å². The van der Waals surface area contributed by atoms with E-state index in [1.807, 2.05) is 0 Å². The molecule has 1 aliphatic heterocycles. The minimum atomic E-state index is -4.16. The predicted molar refractivity (Wildman–Crippen MR) is 148 cm³/mol.